The van der Waals surface area contributed by atoms with Gasteiger partial charge < -0.3 is 15.6 Å². The quantitative estimate of drug-likeness (QED) is 0.754. The number of benzene rings is 1. The Labute approximate surface area is 114 Å². The van der Waals surface area contributed by atoms with E-state index in [-0.39, 0.29) is 18.1 Å². The number of fused-ring (bicyclic) bond motifs is 1. The second-order valence-electron chi connectivity index (χ2n) is 4.29. The van der Waals surface area contributed by atoms with Crippen molar-refractivity contribution in [3.05, 3.63) is 54.0 Å². The fourth-order valence-electron chi connectivity index (χ4n) is 1.91. The predicted octanol–water partition coefficient (Wildman–Crippen LogP) is 1.74. The molecule has 2 aromatic heterocycles. The maximum absolute atomic E-state index is 12.0. The van der Waals surface area contributed by atoms with Crippen LogP contribution < -0.4 is 11.1 Å². The van der Waals surface area contributed by atoms with Gasteiger partial charge in [-0.05, 0) is 12.1 Å². The van der Waals surface area contributed by atoms with Crippen LogP contribution in [0.4, 0.5) is 5.69 Å². The minimum Gasteiger partial charge on any atom is -0.398 e. The lowest BCUT2D eigenvalue weighted by Gasteiger charge is -2.06. The third-order valence-electron chi connectivity index (χ3n) is 2.90. The average molecular weight is 268 g/mol. The summed E-state index contributed by atoms with van der Waals surface area (Å²) >= 11 is 0. The Bertz CT molecular complexity index is 753. The number of nitrogens with one attached hydrogen (secondary N) is 1. The van der Waals surface area contributed by atoms with Gasteiger partial charge in [0.15, 0.2) is 0 Å². The van der Waals surface area contributed by atoms with Gasteiger partial charge in [-0.15, -0.1) is 0 Å². The molecule has 1 aromatic carbocycles. The third-order valence-corrected chi connectivity index (χ3v) is 2.90. The van der Waals surface area contributed by atoms with Crippen LogP contribution >= 0.6 is 0 Å². The number of hydrogen-bond donors (Lipinski definition) is 2. The molecule has 3 aromatic rings. The van der Waals surface area contributed by atoms with Crippen molar-refractivity contribution >= 4 is 22.5 Å². The lowest BCUT2D eigenvalue weighted by atomic mass is 10.1. The Kier molecular flexibility index (Phi) is 3.04. The molecule has 0 aliphatic carbocycles. The first-order chi connectivity index (χ1) is 9.74. The molecule has 0 aliphatic heterocycles. The van der Waals surface area contributed by atoms with Crippen LogP contribution in [0.25, 0.3) is 10.9 Å². The van der Waals surface area contributed by atoms with E-state index in [0.717, 1.165) is 5.39 Å². The second kappa shape index (κ2) is 5.00. The Morgan fingerprint density at radius 2 is 2.15 bits per heavy atom. The molecular formula is C14H12N4O2. The molecule has 20 heavy (non-hydrogen) atoms. The van der Waals surface area contributed by atoms with Crippen molar-refractivity contribution < 1.29 is 9.32 Å². The normalized spacial score (nSPS) is 10.6. The minimum atomic E-state index is -0.301. The number of anilines is 1. The molecule has 0 atom stereocenters. The fraction of sp³-hybridized carbons (Fsp3) is 0.0714. The number of pyridine rings is 1. The number of nitrogens with zero attached hydrogens (tertiary/aromatic N) is 2. The van der Waals surface area contributed by atoms with Gasteiger partial charge in [0.2, 0.25) is 0 Å². The number of carbonyl (C=O) groups is 1. The van der Waals surface area contributed by atoms with Gasteiger partial charge in [-0.3, -0.25) is 4.79 Å². The summed E-state index contributed by atoms with van der Waals surface area (Å²) in [7, 11) is 0. The molecule has 0 saturated heterocycles. The first kappa shape index (κ1) is 12.2. The van der Waals surface area contributed by atoms with Crippen molar-refractivity contribution in [3.8, 4) is 0 Å². The van der Waals surface area contributed by atoms with Crippen LogP contribution in [-0.4, -0.2) is 16.0 Å². The maximum Gasteiger partial charge on any atom is 0.270 e. The SMILES string of the molecule is Nc1cc(C(=O)NCc2ccon2)nc2ccccc12. The molecule has 0 fully saturated rings. The minimum absolute atomic E-state index is 0.281. The molecule has 3 N–H and O–H groups in total. The van der Waals surface area contributed by atoms with Crippen LogP contribution in [0.15, 0.2) is 47.2 Å². The van der Waals surface area contributed by atoms with Crippen molar-refractivity contribution in [2.24, 2.45) is 0 Å². The molecule has 1 amide bonds. The molecule has 0 bridgehead atoms. The molecule has 0 aliphatic rings. The number of rotatable bonds is 3. The summed E-state index contributed by atoms with van der Waals surface area (Å²) in [5.74, 6) is -0.301. The first-order valence-corrected chi connectivity index (χ1v) is 6.07. The first-order valence-electron chi connectivity index (χ1n) is 6.07. The predicted molar refractivity (Wildman–Crippen MR) is 73.8 cm³/mol. The monoisotopic (exact) mass is 268 g/mol. The zero-order valence-electron chi connectivity index (χ0n) is 10.5. The van der Waals surface area contributed by atoms with Gasteiger partial charge in [-0.1, -0.05) is 23.4 Å². The van der Waals surface area contributed by atoms with E-state index >= 15 is 0 Å². The van der Waals surface area contributed by atoms with Crippen LogP contribution in [0.3, 0.4) is 0 Å². The standard InChI is InChI=1S/C14H12N4O2/c15-11-7-13(17-12-4-2-1-3-10(11)12)14(19)16-8-9-5-6-20-18-9/h1-7H,8H2,(H2,15,17)(H,16,19). The summed E-state index contributed by atoms with van der Waals surface area (Å²) in [6, 6.07) is 10.7. The molecule has 0 unspecified atom stereocenters. The van der Waals surface area contributed by atoms with Gasteiger partial charge in [-0.25, -0.2) is 4.98 Å². The summed E-state index contributed by atoms with van der Waals surface area (Å²) in [5, 5.41) is 7.26. The van der Waals surface area contributed by atoms with E-state index in [4.69, 9.17) is 10.3 Å². The van der Waals surface area contributed by atoms with E-state index in [2.05, 4.69) is 15.5 Å². The maximum atomic E-state index is 12.0. The summed E-state index contributed by atoms with van der Waals surface area (Å²) < 4.78 is 4.69. The molecule has 2 heterocycles. The highest BCUT2D eigenvalue weighted by Gasteiger charge is 2.11. The van der Waals surface area contributed by atoms with Crippen LogP contribution in [0.1, 0.15) is 16.2 Å². The van der Waals surface area contributed by atoms with Gasteiger partial charge in [0, 0.05) is 17.1 Å². The van der Waals surface area contributed by atoms with Gasteiger partial charge in [0.1, 0.15) is 17.7 Å². The molecule has 0 spiro atoms. The number of aromatic nitrogens is 2. The zero-order valence-corrected chi connectivity index (χ0v) is 10.5. The van der Waals surface area contributed by atoms with E-state index in [0.29, 0.717) is 16.9 Å². The number of nitrogens with two attached hydrogens (primary N) is 1. The Morgan fingerprint density at radius 1 is 1.30 bits per heavy atom. The van der Waals surface area contributed by atoms with E-state index in [1.807, 2.05) is 24.3 Å². The Hall–Kier alpha value is -2.89. The van der Waals surface area contributed by atoms with E-state index in [1.165, 1.54) is 6.26 Å². The number of para-hydroxylation sites is 1. The molecular weight excluding hydrogens is 256 g/mol. The molecule has 0 radical (unpaired) electrons. The number of nitrogen functional groups attached to an aromatic ring is 1. The Balaban J connectivity index is 1.84. The molecule has 3 rings (SSSR count). The highest BCUT2D eigenvalue weighted by atomic mass is 16.5. The largest absolute Gasteiger partial charge is 0.398 e. The van der Waals surface area contributed by atoms with Crippen molar-refractivity contribution in [3.63, 3.8) is 0 Å². The summed E-state index contributed by atoms with van der Waals surface area (Å²) in [5.41, 5.74) is 8.09. The lowest BCUT2D eigenvalue weighted by molar-refractivity contribution is 0.0945. The lowest BCUT2D eigenvalue weighted by Crippen LogP contribution is -2.24. The van der Waals surface area contributed by atoms with Gasteiger partial charge in [-0.2, -0.15) is 0 Å². The number of carbonyl (C=O) groups excluding carboxylic acids is 1. The fourth-order valence-corrected chi connectivity index (χ4v) is 1.91. The average Bonchev–Trinajstić information content (AvgIpc) is 2.98. The topological polar surface area (TPSA) is 94.0 Å². The molecule has 100 valence electrons. The van der Waals surface area contributed by atoms with E-state index < -0.39 is 0 Å². The third kappa shape index (κ3) is 2.31. The molecule has 6 heteroatoms. The van der Waals surface area contributed by atoms with Crippen molar-refractivity contribution in [2.45, 2.75) is 6.54 Å². The highest BCUT2D eigenvalue weighted by molar-refractivity contribution is 5.99. The summed E-state index contributed by atoms with van der Waals surface area (Å²) in [4.78, 5) is 16.3. The Morgan fingerprint density at radius 3 is 2.95 bits per heavy atom. The molecule has 0 saturated carbocycles. The highest BCUT2D eigenvalue weighted by Crippen LogP contribution is 2.19. The van der Waals surface area contributed by atoms with Crippen LogP contribution in [0.2, 0.25) is 0 Å². The second-order valence-corrected chi connectivity index (χ2v) is 4.29. The number of amides is 1. The summed E-state index contributed by atoms with van der Waals surface area (Å²) in [6.07, 6.45) is 1.45. The number of hydrogen-bond acceptors (Lipinski definition) is 5. The van der Waals surface area contributed by atoms with E-state index in [1.54, 1.807) is 12.1 Å². The van der Waals surface area contributed by atoms with Crippen molar-refractivity contribution in [1.82, 2.24) is 15.5 Å². The smallest absolute Gasteiger partial charge is 0.270 e. The molecule has 6 nitrogen and oxygen atoms in total. The van der Waals surface area contributed by atoms with Crippen LogP contribution in [-0.2, 0) is 6.54 Å². The van der Waals surface area contributed by atoms with Crippen molar-refractivity contribution in [1.29, 1.82) is 0 Å². The van der Waals surface area contributed by atoms with Gasteiger partial charge in [0.05, 0.1) is 12.1 Å². The van der Waals surface area contributed by atoms with Crippen LogP contribution in [0.5, 0.6) is 0 Å². The zero-order chi connectivity index (χ0) is 13.9. The summed E-state index contributed by atoms with van der Waals surface area (Å²) in [6.45, 7) is 0.281. The van der Waals surface area contributed by atoms with Crippen LogP contribution in [0, 0.1) is 0 Å². The van der Waals surface area contributed by atoms with Gasteiger partial charge in [0.25, 0.3) is 5.91 Å². The van der Waals surface area contributed by atoms with Crippen molar-refractivity contribution in [2.75, 3.05) is 5.73 Å². The van der Waals surface area contributed by atoms with Gasteiger partial charge >= 0.3 is 0 Å². The van der Waals surface area contributed by atoms with E-state index in [9.17, 15) is 4.79 Å².